The smallest absolute Gasteiger partial charge is 0.0979 e. The van der Waals surface area contributed by atoms with Crippen molar-refractivity contribution in [3.63, 3.8) is 0 Å². The fraction of sp³-hybridized carbons (Fsp3) is 0.714. The summed E-state index contributed by atoms with van der Waals surface area (Å²) in [6.45, 7) is 5.32. The SMILES string of the molecule is CC(C)=C[C@@H](O)[C@@H](C)O. The Morgan fingerprint density at radius 2 is 1.78 bits per heavy atom. The van der Waals surface area contributed by atoms with E-state index in [1.54, 1.807) is 13.0 Å². The van der Waals surface area contributed by atoms with Crippen LogP contribution in [0.1, 0.15) is 20.8 Å². The van der Waals surface area contributed by atoms with Gasteiger partial charge in [-0.3, -0.25) is 0 Å². The molecule has 0 saturated carbocycles. The minimum atomic E-state index is -0.713. The lowest BCUT2D eigenvalue weighted by atomic mass is 10.2. The van der Waals surface area contributed by atoms with Crippen LogP contribution in [0.25, 0.3) is 0 Å². The van der Waals surface area contributed by atoms with Gasteiger partial charge in [0.1, 0.15) is 0 Å². The number of rotatable bonds is 2. The number of aliphatic hydroxyl groups is 2. The second-order valence-electron chi connectivity index (χ2n) is 2.48. The summed E-state index contributed by atoms with van der Waals surface area (Å²) in [6, 6.07) is 0. The highest BCUT2D eigenvalue weighted by Gasteiger charge is 2.05. The standard InChI is InChI=1S/C7H14O2/c1-5(2)4-7(9)6(3)8/h4,6-9H,1-3H3/t6-,7-/m1/s1. The molecule has 0 aliphatic carbocycles. The summed E-state index contributed by atoms with van der Waals surface area (Å²) < 4.78 is 0. The van der Waals surface area contributed by atoms with E-state index in [2.05, 4.69) is 0 Å². The molecule has 0 spiro atoms. The second-order valence-corrected chi connectivity index (χ2v) is 2.48. The molecule has 0 rings (SSSR count). The molecule has 2 nitrogen and oxygen atoms in total. The van der Waals surface area contributed by atoms with E-state index in [-0.39, 0.29) is 0 Å². The van der Waals surface area contributed by atoms with E-state index in [0.29, 0.717) is 0 Å². The molecule has 0 bridgehead atoms. The van der Waals surface area contributed by atoms with E-state index < -0.39 is 12.2 Å². The first kappa shape index (κ1) is 8.66. The highest BCUT2D eigenvalue weighted by molar-refractivity contribution is 4.99. The fourth-order valence-electron chi connectivity index (χ4n) is 0.481. The van der Waals surface area contributed by atoms with E-state index in [0.717, 1.165) is 5.57 Å². The third-order valence-electron chi connectivity index (χ3n) is 0.998. The molecule has 0 heterocycles. The Balaban J connectivity index is 3.76. The predicted octanol–water partition coefficient (Wildman–Crippen LogP) is 0.694. The van der Waals surface area contributed by atoms with Crippen LogP contribution < -0.4 is 0 Å². The van der Waals surface area contributed by atoms with Gasteiger partial charge in [0.05, 0.1) is 12.2 Å². The van der Waals surface area contributed by atoms with Crippen molar-refractivity contribution in [3.8, 4) is 0 Å². The lowest BCUT2D eigenvalue weighted by molar-refractivity contribution is 0.0614. The van der Waals surface area contributed by atoms with E-state index >= 15 is 0 Å². The van der Waals surface area contributed by atoms with Gasteiger partial charge in [-0.25, -0.2) is 0 Å². The van der Waals surface area contributed by atoms with Gasteiger partial charge in [-0.15, -0.1) is 0 Å². The first-order chi connectivity index (χ1) is 4.04. The third-order valence-corrected chi connectivity index (χ3v) is 0.998. The molecule has 9 heavy (non-hydrogen) atoms. The highest BCUT2D eigenvalue weighted by Crippen LogP contribution is 1.98. The molecular formula is C7H14O2. The molecule has 0 aromatic rings. The average molecular weight is 130 g/mol. The molecule has 0 aromatic heterocycles. The average Bonchev–Trinajstić information content (AvgIpc) is 1.63. The minimum Gasteiger partial charge on any atom is -0.390 e. The molecular weight excluding hydrogens is 116 g/mol. The molecule has 2 heteroatoms. The zero-order valence-corrected chi connectivity index (χ0v) is 6.13. The van der Waals surface area contributed by atoms with Crippen LogP contribution in [0.15, 0.2) is 11.6 Å². The molecule has 0 unspecified atom stereocenters. The van der Waals surface area contributed by atoms with Crippen LogP contribution in [0, 0.1) is 0 Å². The lowest BCUT2D eigenvalue weighted by Crippen LogP contribution is -2.19. The van der Waals surface area contributed by atoms with E-state index in [1.165, 1.54) is 0 Å². The molecule has 2 atom stereocenters. The van der Waals surface area contributed by atoms with Crippen molar-refractivity contribution in [2.24, 2.45) is 0 Å². The van der Waals surface area contributed by atoms with Gasteiger partial charge in [-0.1, -0.05) is 11.6 Å². The Morgan fingerprint density at radius 3 is 1.89 bits per heavy atom. The minimum absolute atomic E-state index is 0.667. The summed E-state index contributed by atoms with van der Waals surface area (Å²) in [6.07, 6.45) is 0.250. The first-order valence-corrected chi connectivity index (χ1v) is 3.05. The van der Waals surface area contributed by atoms with Crippen molar-refractivity contribution in [2.75, 3.05) is 0 Å². The number of allylic oxidation sites excluding steroid dienone is 1. The summed E-state index contributed by atoms with van der Waals surface area (Å²) in [5.41, 5.74) is 1.02. The zero-order valence-electron chi connectivity index (χ0n) is 6.13. The number of hydrogen-bond acceptors (Lipinski definition) is 2. The molecule has 0 fully saturated rings. The van der Waals surface area contributed by atoms with Gasteiger partial charge in [0, 0.05) is 0 Å². The van der Waals surface area contributed by atoms with Crippen molar-refractivity contribution in [2.45, 2.75) is 33.0 Å². The number of aliphatic hydroxyl groups excluding tert-OH is 2. The topological polar surface area (TPSA) is 40.5 Å². The fourth-order valence-corrected chi connectivity index (χ4v) is 0.481. The molecule has 0 aliphatic rings. The Kier molecular flexibility index (Phi) is 3.50. The Morgan fingerprint density at radius 1 is 1.33 bits per heavy atom. The van der Waals surface area contributed by atoms with Gasteiger partial charge >= 0.3 is 0 Å². The quantitative estimate of drug-likeness (QED) is 0.540. The maximum Gasteiger partial charge on any atom is 0.0979 e. The summed E-state index contributed by atoms with van der Waals surface area (Å²) in [5, 5.41) is 17.7. The van der Waals surface area contributed by atoms with Gasteiger partial charge in [-0.2, -0.15) is 0 Å². The van der Waals surface area contributed by atoms with Crippen LogP contribution in [-0.2, 0) is 0 Å². The highest BCUT2D eigenvalue weighted by atomic mass is 16.3. The van der Waals surface area contributed by atoms with Crippen molar-refractivity contribution in [3.05, 3.63) is 11.6 Å². The maximum absolute atomic E-state index is 8.97. The molecule has 0 radical (unpaired) electrons. The molecule has 0 amide bonds. The van der Waals surface area contributed by atoms with Crippen LogP contribution in [0.2, 0.25) is 0 Å². The van der Waals surface area contributed by atoms with E-state index in [1.807, 2.05) is 13.8 Å². The summed E-state index contributed by atoms with van der Waals surface area (Å²) >= 11 is 0. The van der Waals surface area contributed by atoms with E-state index in [9.17, 15) is 0 Å². The predicted molar refractivity (Wildman–Crippen MR) is 37.1 cm³/mol. The molecule has 0 saturated heterocycles. The third kappa shape index (κ3) is 4.18. The van der Waals surface area contributed by atoms with Crippen molar-refractivity contribution in [1.29, 1.82) is 0 Å². The molecule has 2 N–H and O–H groups in total. The van der Waals surface area contributed by atoms with Crippen molar-refractivity contribution in [1.82, 2.24) is 0 Å². The van der Waals surface area contributed by atoms with Gasteiger partial charge < -0.3 is 10.2 Å². The van der Waals surface area contributed by atoms with Crippen molar-refractivity contribution >= 4 is 0 Å². The molecule has 0 aliphatic heterocycles. The van der Waals surface area contributed by atoms with Gasteiger partial charge in [0.2, 0.25) is 0 Å². The largest absolute Gasteiger partial charge is 0.390 e. The van der Waals surface area contributed by atoms with Crippen LogP contribution in [0.5, 0.6) is 0 Å². The van der Waals surface area contributed by atoms with Gasteiger partial charge in [0.15, 0.2) is 0 Å². The lowest BCUT2D eigenvalue weighted by Gasteiger charge is -2.08. The van der Waals surface area contributed by atoms with Gasteiger partial charge in [0.25, 0.3) is 0 Å². The van der Waals surface area contributed by atoms with Crippen LogP contribution in [-0.4, -0.2) is 22.4 Å². The molecule has 0 aromatic carbocycles. The summed E-state index contributed by atoms with van der Waals surface area (Å²) in [4.78, 5) is 0. The summed E-state index contributed by atoms with van der Waals surface area (Å²) in [7, 11) is 0. The number of hydrogen-bond donors (Lipinski definition) is 2. The van der Waals surface area contributed by atoms with Crippen LogP contribution in [0.4, 0.5) is 0 Å². The normalized spacial score (nSPS) is 16.6. The van der Waals surface area contributed by atoms with Crippen molar-refractivity contribution < 1.29 is 10.2 Å². The Bertz CT molecular complexity index is 101. The monoisotopic (exact) mass is 130 g/mol. The van der Waals surface area contributed by atoms with Crippen LogP contribution >= 0.6 is 0 Å². The summed E-state index contributed by atoms with van der Waals surface area (Å²) in [5.74, 6) is 0. The first-order valence-electron chi connectivity index (χ1n) is 3.05. The zero-order chi connectivity index (χ0) is 7.44. The van der Waals surface area contributed by atoms with Crippen LogP contribution in [0.3, 0.4) is 0 Å². The second kappa shape index (κ2) is 3.64. The Labute approximate surface area is 55.8 Å². The van der Waals surface area contributed by atoms with E-state index in [4.69, 9.17) is 10.2 Å². The Hall–Kier alpha value is -0.340. The maximum atomic E-state index is 8.97. The molecule has 54 valence electrons. The van der Waals surface area contributed by atoms with Gasteiger partial charge in [-0.05, 0) is 20.8 Å².